The molecule has 1 rings (SSSR count). The van der Waals surface area contributed by atoms with Gasteiger partial charge in [-0.2, -0.15) is 0 Å². The van der Waals surface area contributed by atoms with Crippen LogP contribution in [0.1, 0.15) is 5.56 Å². The van der Waals surface area contributed by atoms with Crippen molar-refractivity contribution < 1.29 is 23.1 Å². The first-order valence-corrected chi connectivity index (χ1v) is 6.26. The van der Waals surface area contributed by atoms with Crippen molar-refractivity contribution in [2.45, 2.75) is 6.54 Å². The Balaban J connectivity index is 2.58. The molecule has 8 heteroatoms. The number of hydrogen-bond acceptors (Lipinski definition) is 5. The molecule has 0 saturated carbocycles. The number of carbonyl (C=O) groups is 1. The number of carboxylic acid groups (broad SMARTS) is 1. The lowest BCUT2D eigenvalue weighted by Gasteiger charge is -2.05. The highest BCUT2D eigenvalue weighted by molar-refractivity contribution is 7.90. The predicted octanol–water partition coefficient (Wildman–Crippen LogP) is -0.406. The van der Waals surface area contributed by atoms with E-state index in [1.54, 1.807) is 12.1 Å². The van der Waals surface area contributed by atoms with Gasteiger partial charge in [-0.05, 0) is 5.56 Å². The number of sulfonamides is 1. The molecule has 2 N–H and O–H groups in total. The van der Waals surface area contributed by atoms with Crippen molar-refractivity contribution in [2.24, 2.45) is 0 Å². The Labute approximate surface area is 98.5 Å². The van der Waals surface area contributed by atoms with Crippen molar-refractivity contribution in [3.05, 3.63) is 23.9 Å². The molecule has 0 spiro atoms. The molecule has 0 aliphatic rings. The smallest absolute Gasteiger partial charge is 0.320 e. The summed E-state index contributed by atoms with van der Waals surface area (Å²) < 4.78 is 29.4. The number of pyridine rings is 1. The molecule has 7 nitrogen and oxygen atoms in total. The van der Waals surface area contributed by atoms with Gasteiger partial charge in [0.05, 0.1) is 7.11 Å². The summed E-state index contributed by atoms with van der Waals surface area (Å²) >= 11 is 0. The van der Waals surface area contributed by atoms with E-state index in [2.05, 4.69) is 9.71 Å². The molecule has 94 valence electrons. The molecule has 0 radical (unpaired) electrons. The first-order valence-electron chi connectivity index (χ1n) is 4.61. The van der Waals surface area contributed by atoms with Crippen molar-refractivity contribution in [1.82, 2.24) is 9.71 Å². The molecule has 0 aliphatic heterocycles. The molecule has 1 aromatic heterocycles. The van der Waals surface area contributed by atoms with Crippen molar-refractivity contribution in [3.63, 3.8) is 0 Å². The number of nitrogens with one attached hydrogen (secondary N) is 1. The minimum absolute atomic E-state index is 0.00733. The van der Waals surface area contributed by atoms with E-state index in [1.165, 1.54) is 13.3 Å². The minimum Gasteiger partial charge on any atom is -0.481 e. The molecular formula is C9H12N2O5S. The molecular weight excluding hydrogens is 248 g/mol. The van der Waals surface area contributed by atoms with Crippen LogP contribution in [0.25, 0.3) is 0 Å². The molecule has 0 bridgehead atoms. The number of ether oxygens (including phenoxy) is 1. The SMILES string of the molecule is COc1ccc(CNS(=O)(=O)CC(=O)O)cn1. The van der Waals surface area contributed by atoms with Gasteiger partial charge in [0, 0.05) is 18.8 Å². The number of carboxylic acids is 1. The molecule has 0 atom stereocenters. The average Bonchev–Trinajstić information content (AvgIpc) is 2.25. The molecule has 0 amide bonds. The molecule has 0 fully saturated rings. The summed E-state index contributed by atoms with van der Waals surface area (Å²) in [6.45, 7) is -0.00733. The highest BCUT2D eigenvalue weighted by Gasteiger charge is 2.14. The maximum absolute atomic E-state index is 11.2. The van der Waals surface area contributed by atoms with Gasteiger partial charge in [-0.15, -0.1) is 0 Å². The van der Waals surface area contributed by atoms with Gasteiger partial charge in [0.1, 0.15) is 0 Å². The van der Waals surface area contributed by atoms with Gasteiger partial charge in [0.15, 0.2) is 5.75 Å². The molecule has 1 heterocycles. The topological polar surface area (TPSA) is 106 Å². The first-order chi connectivity index (χ1) is 7.93. The van der Waals surface area contributed by atoms with E-state index >= 15 is 0 Å². The van der Waals surface area contributed by atoms with Gasteiger partial charge in [-0.3, -0.25) is 4.79 Å². The Kier molecular flexibility index (Phi) is 4.41. The van der Waals surface area contributed by atoms with Gasteiger partial charge < -0.3 is 9.84 Å². The lowest BCUT2D eigenvalue weighted by molar-refractivity contribution is -0.134. The summed E-state index contributed by atoms with van der Waals surface area (Å²) in [7, 11) is -2.33. The van der Waals surface area contributed by atoms with Gasteiger partial charge in [0.2, 0.25) is 15.9 Å². The zero-order valence-corrected chi connectivity index (χ0v) is 9.90. The molecule has 0 aromatic carbocycles. The predicted molar refractivity (Wildman–Crippen MR) is 59.1 cm³/mol. The maximum atomic E-state index is 11.2. The second-order valence-electron chi connectivity index (χ2n) is 3.18. The number of aromatic nitrogens is 1. The number of aliphatic carboxylic acids is 1. The van der Waals surface area contributed by atoms with Crippen LogP contribution in [0, 0.1) is 0 Å². The summed E-state index contributed by atoms with van der Waals surface area (Å²) in [5.41, 5.74) is 0.611. The van der Waals surface area contributed by atoms with E-state index in [4.69, 9.17) is 9.84 Å². The Bertz CT molecular complexity index is 483. The first kappa shape index (κ1) is 13.4. The van der Waals surface area contributed by atoms with Crippen LogP contribution in [-0.4, -0.2) is 37.3 Å². The molecule has 0 unspecified atom stereocenters. The summed E-state index contributed by atoms with van der Waals surface area (Å²) in [6.07, 6.45) is 1.45. The second kappa shape index (κ2) is 5.60. The van der Waals surface area contributed by atoms with Crippen LogP contribution < -0.4 is 9.46 Å². The monoisotopic (exact) mass is 260 g/mol. The van der Waals surface area contributed by atoms with E-state index in [0.29, 0.717) is 11.4 Å². The standard InChI is InChI=1S/C9H12N2O5S/c1-16-8-3-2-7(4-10-8)5-11-17(14,15)6-9(12)13/h2-4,11H,5-6H2,1H3,(H,12,13). The van der Waals surface area contributed by atoms with Crippen LogP contribution in [-0.2, 0) is 21.4 Å². The van der Waals surface area contributed by atoms with Crippen molar-refractivity contribution >= 4 is 16.0 Å². The number of methoxy groups -OCH3 is 1. The highest BCUT2D eigenvalue weighted by Crippen LogP contribution is 2.06. The molecule has 0 aliphatic carbocycles. The Morgan fingerprint density at radius 3 is 2.71 bits per heavy atom. The van der Waals surface area contributed by atoms with Crippen LogP contribution in [0.15, 0.2) is 18.3 Å². The molecule has 17 heavy (non-hydrogen) atoms. The number of nitrogens with zero attached hydrogens (tertiary/aromatic N) is 1. The van der Waals surface area contributed by atoms with Crippen LogP contribution in [0.2, 0.25) is 0 Å². The highest BCUT2D eigenvalue weighted by atomic mass is 32.2. The van der Waals surface area contributed by atoms with Gasteiger partial charge in [-0.25, -0.2) is 18.1 Å². The third-order valence-electron chi connectivity index (χ3n) is 1.82. The fraction of sp³-hybridized carbons (Fsp3) is 0.333. The summed E-state index contributed by atoms with van der Waals surface area (Å²) in [4.78, 5) is 14.1. The van der Waals surface area contributed by atoms with E-state index < -0.39 is 21.7 Å². The molecule has 0 saturated heterocycles. The Morgan fingerprint density at radius 2 is 2.24 bits per heavy atom. The van der Waals surface area contributed by atoms with E-state index in [1.807, 2.05) is 0 Å². The van der Waals surface area contributed by atoms with E-state index in [0.717, 1.165) is 0 Å². The van der Waals surface area contributed by atoms with Gasteiger partial charge >= 0.3 is 5.97 Å². The fourth-order valence-corrected chi connectivity index (χ4v) is 1.86. The normalized spacial score (nSPS) is 11.1. The third-order valence-corrected chi connectivity index (χ3v) is 3.03. The van der Waals surface area contributed by atoms with Crippen LogP contribution in [0.4, 0.5) is 0 Å². The number of rotatable bonds is 6. The lowest BCUT2D eigenvalue weighted by atomic mass is 10.3. The minimum atomic E-state index is -3.80. The largest absolute Gasteiger partial charge is 0.481 e. The zero-order valence-electron chi connectivity index (χ0n) is 9.08. The van der Waals surface area contributed by atoms with Gasteiger partial charge in [-0.1, -0.05) is 6.07 Å². The number of hydrogen-bond donors (Lipinski definition) is 2. The van der Waals surface area contributed by atoms with Crippen molar-refractivity contribution in [1.29, 1.82) is 0 Å². The summed E-state index contributed by atoms with van der Waals surface area (Å²) in [6, 6.07) is 3.22. The Morgan fingerprint density at radius 1 is 1.53 bits per heavy atom. The van der Waals surface area contributed by atoms with Gasteiger partial charge in [0.25, 0.3) is 0 Å². The maximum Gasteiger partial charge on any atom is 0.320 e. The zero-order chi connectivity index (χ0) is 12.9. The van der Waals surface area contributed by atoms with Crippen molar-refractivity contribution in [2.75, 3.05) is 12.9 Å². The third kappa shape index (κ3) is 4.79. The van der Waals surface area contributed by atoms with E-state index in [-0.39, 0.29) is 6.54 Å². The molecule has 1 aromatic rings. The van der Waals surface area contributed by atoms with Crippen LogP contribution in [0.3, 0.4) is 0 Å². The quantitative estimate of drug-likeness (QED) is 0.720. The summed E-state index contributed by atoms with van der Waals surface area (Å²) in [5.74, 6) is -1.93. The Hall–Kier alpha value is -1.67. The average molecular weight is 260 g/mol. The van der Waals surface area contributed by atoms with Crippen LogP contribution in [0.5, 0.6) is 5.88 Å². The fourth-order valence-electron chi connectivity index (χ4n) is 1.04. The van der Waals surface area contributed by atoms with E-state index in [9.17, 15) is 13.2 Å². The lowest BCUT2D eigenvalue weighted by Crippen LogP contribution is -2.29. The van der Waals surface area contributed by atoms with Crippen molar-refractivity contribution in [3.8, 4) is 5.88 Å². The van der Waals surface area contributed by atoms with Crippen LogP contribution >= 0.6 is 0 Å². The second-order valence-corrected chi connectivity index (χ2v) is 4.99. The summed E-state index contributed by atoms with van der Waals surface area (Å²) in [5, 5.41) is 8.37.